The van der Waals surface area contributed by atoms with Gasteiger partial charge in [-0.3, -0.25) is 14.4 Å². The molecule has 0 aliphatic heterocycles. The van der Waals surface area contributed by atoms with Crippen LogP contribution in [0.15, 0.2) is 0 Å². The Morgan fingerprint density at radius 2 is 1.16 bits per heavy atom. The molecule has 0 radical (unpaired) electrons. The minimum absolute atomic E-state index is 0.228. The SMILES string of the molecule is CC(C)CCOC(=O)C1CC(C(=O)O)CC(C(=O)OCCC(C)C)C1. The molecule has 0 amide bonds. The van der Waals surface area contributed by atoms with Crippen molar-refractivity contribution in [2.24, 2.45) is 29.6 Å². The molecule has 0 bridgehead atoms. The van der Waals surface area contributed by atoms with Crippen molar-refractivity contribution in [2.45, 2.75) is 59.8 Å². The van der Waals surface area contributed by atoms with E-state index in [4.69, 9.17) is 9.47 Å². The maximum atomic E-state index is 12.3. The fourth-order valence-electron chi connectivity index (χ4n) is 2.93. The molecule has 1 aliphatic carbocycles. The van der Waals surface area contributed by atoms with Crippen LogP contribution in [0.5, 0.6) is 0 Å². The van der Waals surface area contributed by atoms with Gasteiger partial charge >= 0.3 is 17.9 Å². The van der Waals surface area contributed by atoms with Crippen LogP contribution in [0.3, 0.4) is 0 Å². The molecular weight excluding hydrogens is 324 g/mol. The van der Waals surface area contributed by atoms with Gasteiger partial charge in [0.1, 0.15) is 0 Å². The highest BCUT2D eigenvalue weighted by molar-refractivity contribution is 5.79. The van der Waals surface area contributed by atoms with Gasteiger partial charge in [0, 0.05) is 0 Å². The largest absolute Gasteiger partial charge is 0.481 e. The van der Waals surface area contributed by atoms with Gasteiger partial charge in [-0.25, -0.2) is 0 Å². The average molecular weight is 356 g/mol. The molecule has 0 aromatic heterocycles. The second-order valence-electron chi connectivity index (χ2n) is 7.84. The van der Waals surface area contributed by atoms with Crippen LogP contribution in [0.25, 0.3) is 0 Å². The second kappa shape index (κ2) is 10.4. The summed E-state index contributed by atoms with van der Waals surface area (Å²) in [6.45, 7) is 8.81. The van der Waals surface area contributed by atoms with E-state index in [1.165, 1.54) is 0 Å². The number of ether oxygens (including phenoxy) is 2. The van der Waals surface area contributed by atoms with E-state index in [1.54, 1.807) is 0 Å². The first-order chi connectivity index (χ1) is 11.7. The summed E-state index contributed by atoms with van der Waals surface area (Å²) in [7, 11) is 0. The Labute approximate surface area is 150 Å². The third-order valence-electron chi connectivity index (χ3n) is 4.60. The van der Waals surface area contributed by atoms with Crippen LogP contribution in [-0.2, 0) is 23.9 Å². The first kappa shape index (κ1) is 21.5. The van der Waals surface area contributed by atoms with Crippen molar-refractivity contribution in [1.82, 2.24) is 0 Å². The van der Waals surface area contributed by atoms with Gasteiger partial charge < -0.3 is 14.6 Å². The molecule has 2 unspecified atom stereocenters. The summed E-state index contributed by atoms with van der Waals surface area (Å²) in [5, 5.41) is 9.33. The first-order valence-electron chi connectivity index (χ1n) is 9.26. The minimum atomic E-state index is -0.973. The molecule has 6 nitrogen and oxygen atoms in total. The zero-order valence-corrected chi connectivity index (χ0v) is 15.8. The Morgan fingerprint density at radius 1 is 0.800 bits per heavy atom. The van der Waals surface area contributed by atoms with E-state index in [2.05, 4.69) is 0 Å². The van der Waals surface area contributed by atoms with Crippen molar-refractivity contribution in [3.05, 3.63) is 0 Å². The molecule has 1 saturated carbocycles. The highest BCUT2D eigenvalue weighted by Gasteiger charge is 2.40. The smallest absolute Gasteiger partial charge is 0.308 e. The fourth-order valence-corrected chi connectivity index (χ4v) is 2.93. The molecule has 25 heavy (non-hydrogen) atoms. The van der Waals surface area contributed by atoms with E-state index >= 15 is 0 Å². The lowest BCUT2D eigenvalue weighted by molar-refractivity contribution is -0.159. The number of carboxylic acid groups (broad SMARTS) is 1. The Morgan fingerprint density at radius 3 is 1.48 bits per heavy atom. The van der Waals surface area contributed by atoms with Crippen molar-refractivity contribution >= 4 is 17.9 Å². The van der Waals surface area contributed by atoms with E-state index < -0.39 is 35.7 Å². The summed E-state index contributed by atoms with van der Waals surface area (Å²) >= 11 is 0. The maximum Gasteiger partial charge on any atom is 0.308 e. The van der Waals surface area contributed by atoms with Crippen LogP contribution in [0, 0.1) is 29.6 Å². The van der Waals surface area contributed by atoms with Gasteiger partial charge in [-0.1, -0.05) is 27.7 Å². The molecule has 0 heterocycles. The Kier molecular flexibility index (Phi) is 8.93. The summed E-state index contributed by atoms with van der Waals surface area (Å²) in [4.78, 5) is 35.9. The molecule has 6 heteroatoms. The van der Waals surface area contributed by atoms with E-state index in [-0.39, 0.29) is 12.8 Å². The number of hydrogen-bond acceptors (Lipinski definition) is 5. The third-order valence-corrected chi connectivity index (χ3v) is 4.60. The van der Waals surface area contributed by atoms with Crippen molar-refractivity contribution in [1.29, 1.82) is 0 Å². The number of carbonyl (C=O) groups excluding carboxylic acids is 2. The highest BCUT2D eigenvalue weighted by Crippen LogP contribution is 2.35. The number of aliphatic carboxylic acids is 1. The van der Waals surface area contributed by atoms with Crippen LogP contribution in [0.1, 0.15) is 59.8 Å². The molecular formula is C19H32O6. The maximum absolute atomic E-state index is 12.3. The predicted octanol–water partition coefficient (Wildman–Crippen LogP) is 3.28. The molecule has 1 rings (SSSR count). The van der Waals surface area contributed by atoms with Crippen LogP contribution >= 0.6 is 0 Å². The summed E-state index contributed by atoms with van der Waals surface area (Å²) < 4.78 is 10.6. The molecule has 0 aromatic rings. The van der Waals surface area contributed by atoms with E-state index in [0.29, 0.717) is 31.5 Å². The minimum Gasteiger partial charge on any atom is -0.481 e. The van der Waals surface area contributed by atoms with Gasteiger partial charge in [-0.05, 0) is 43.9 Å². The standard InChI is InChI=1S/C19H32O6/c1-12(2)5-7-24-18(22)15-9-14(17(20)21)10-16(11-15)19(23)25-8-6-13(3)4/h12-16H,5-11H2,1-4H3,(H,20,21). The van der Waals surface area contributed by atoms with Crippen LogP contribution in [0.4, 0.5) is 0 Å². The van der Waals surface area contributed by atoms with Crippen LogP contribution in [-0.4, -0.2) is 36.2 Å². The van der Waals surface area contributed by atoms with Gasteiger partial charge in [0.15, 0.2) is 0 Å². The van der Waals surface area contributed by atoms with Gasteiger partial charge in [0.05, 0.1) is 31.0 Å². The summed E-state index contributed by atoms with van der Waals surface area (Å²) in [5.74, 6) is -2.73. The van der Waals surface area contributed by atoms with Crippen LogP contribution in [0.2, 0.25) is 0 Å². The second-order valence-corrected chi connectivity index (χ2v) is 7.84. The molecule has 144 valence electrons. The Balaban J connectivity index is 2.62. The normalized spacial score (nSPS) is 23.5. The molecule has 2 atom stereocenters. The Bertz CT molecular complexity index is 423. The zero-order valence-electron chi connectivity index (χ0n) is 15.8. The number of rotatable bonds is 9. The monoisotopic (exact) mass is 356 g/mol. The van der Waals surface area contributed by atoms with Crippen molar-refractivity contribution < 1.29 is 29.0 Å². The summed E-state index contributed by atoms with van der Waals surface area (Å²) in [6, 6.07) is 0. The lowest BCUT2D eigenvalue weighted by Crippen LogP contribution is -2.36. The molecule has 0 spiro atoms. The molecule has 0 saturated heterocycles. The van der Waals surface area contributed by atoms with E-state index in [0.717, 1.165) is 12.8 Å². The molecule has 1 aliphatic rings. The first-order valence-corrected chi connectivity index (χ1v) is 9.26. The summed E-state index contributed by atoms with van der Waals surface area (Å²) in [6.07, 6.45) is 2.30. The zero-order chi connectivity index (χ0) is 19.0. The third kappa shape index (κ3) is 7.88. The number of hydrogen-bond donors (Lipinski definition) is 1. The van der Waals surface area contributed by atoms with Gasteiger partial charge in [0.25, 0.3) is 0 Å². The number of carbonyl (C=O) groups is 3. The van der Waals surface area contributed by atoms with Crippen LogP contribution < -0.4 is 0 Å². The van der Waals surface area contributed by atoms with Crippen molar-refractivity contribution in [3.63, 3.8) is 0 Å². The molecule has 0 aromatic carbocycles. The fraction of sp³-hybridized carbons (Fsp3) is 0.842. The predicted molar refractivity (Wildman–Crippen MR) is 92.8 cm³/mol. The number of carboxylic acids is 1. The molecule has 1 N–H and O–H groups in total. The average Bonchev–Trinajstić information content (AvgIpc) is 2.53. The summed E-state index contributed by atoms with van der Waals surface area (Å²) in [5.41, 5.74) is 0. The van der Waals surface area contributed by atoms with Gasteiger partial charge in [-0.15, -0.1) is 0 Å². The quantitative estimate of drug-likeness (QED) is 0.638. The topological polar surface area (TPSA) is 89.9 Å². The highest BCUT2D eigenvalue weighted by atomic mass is 16.5. The van der Waals surface area contributed by atoms with E-state index in [1.807, 2.05) is 27.7 Å². The molecule has 1 fully saturated rings. The number of esters is 2. The van der Waals surface area contributed by atoms with E-state index in [9.17, 15) is 19.5 Å². The van der Waals surface area contributed by atoms with Crippen molar-refractivity contribution in [2.75, 3.05) is 13.2 Å². The van der Waals surface area contributed by atoms with Gasteiger partial charge in [0.2, 0.25) is 0 Å². The van der Waals surface area contributed by atoms with Gasteiger partial charge in [-0.2, -0.15) is 0 Å². The lowest BCUT2D eigenvalue weighted by Gasteiger charge is -2.30. The Hall–Kier alpha value is -1.59. The lowest BCUT2D eigenvalue weighted by atomic mass is 9.75. The van der Waals surface area contributed by atoms with Crippen molar-refractivity contribution in [3.8, 4) is 0 Å².